The molecule has 27 heavy (non-hydrogen) atoms. The lowest BCUT2D eigenvalue weighted by molar-refractivity contribution is 0.0603. The summed E-state index contributed by atoms with van der Waals surface area (Å²) >= 11 is 2.08. The Morgan fingerprint density at radius 2 is 1.89 bits per heavy atom. The van der Waals surface area contributed by atoms with Crippen molar-refractivity contribution in [3.63, 3.8) is 0 Å². The van der Waals surface area contributed by atoms with Crippen LogP contribution in [-0.2, 0) is 4.74 Å². The Morgan fingerprint density at radius 3 is 2.52 bits per heavy atom. The molecule has 0 atom stereocenters. The van der Waals surface area contributed by atoms with Crippen LogP contribution < -0.4 is 10.2 Å². The number of hydrogen-bond donors (Lipinski definition) is 2. The second kappa shape index (κ2) is 7.50. The number of amides is 1. The number of nitrogens with one attached hydrogen (secondary N) is 2. The molecule has 0 radical (unpaired) electrons. The van der Waals surface area contributed by atoms with Gasteiger partial charge >= 0.3 is 10.8 Å². The van der Waals surface area contributed by atoms with Gasteiger partial charge in [-0.3, -0.25) is 9.59 Å². The topological polar surface area (TPSA) is 88.3 Å². The fourth-order valence-electron chi connectivity index (χ4n) is 2.76. The van der Waals surface area contributed by atoms with Crippen LogP contribution in [0.1, 0.15) is 36.9 Å². The van der Waals surface area contributed by atoms with E-state index >= 15 is 0 Å². The Bertz CT molecular complexity index is 1090. The van der Waals surface area contributed by atoms with Crippen molar-refractivity contribution in [1.29, 1.82) is 0 Å². The summed E-state index contributed by atoms with van der Waals surface area (Å²) in [5, 5.41) is 4.97. The number of hydrogen-bond acceptors (Lipinski definition) is 6. The Labute approximate surface area is 163 Å². The van der Waals surface area contributed by atoms with Crippen LogP contribution in [0.5, 0.6) is 0 Å². The van der Waals surface area contributed by atoms with Crippen molar-refractivity contribution < 1.29 is 14.3 Å². The van der Waals surface area contributed by atoms with Gasteiger partial charge in [0, 0.05) is 16.6 Å². The van der Waals surface area contributed by atoms with E-state index in [0.29, 0.717) is 21.8 Å². The zero-order chi connectivity index (χ0) is 19.7. The summed E-state index contributed by atoms with van der Waals surface area (Å²) in [4.78, 5) is 39.1. The van der Waals surface area contributed by atoms with E-state index in [0.717, 1.165) is 28.0 Å². The minimum Gasteiger partial charge on any atom is -0.465 e. The number of thiophene rings is 1. The smallest absolute Gasteiger partial charge is 0.341 e. The van der Waals surface area contributed by atoms with E-state index in [4.69, 9.17) is 4.74 Å². The quantitative estimate of drug-likeness (QED) is 0.642. The van der Waals surface area contributed by atoms with E-state index < -0.39 is 11.9 Å². The number of aryl methyl sites for hydroxylation is 3. The maximum atomic E-state index is 12.6. The van der Waals surface area contributed by atoms with E-state index in [1.807, 2.05) is 37.4 Å². The Morgan fingerprint density at radius 1 is 1.15 bits per heavy atom. The van der Waals surface area contributed by atoms with E-state index in [2.05, 4.69) is 10.3 Å². The number of anilines is 1. The fourth-order valence-corrected chi connectivity index (χ4v) is 4.44. The van der Waals surface area contributed by atoms with E-state index in [1.165, 1.54) is 18.4 Å². The molecule has 6 nitrogen and oxygen atoms in total. The molecule has 0 spiro atoms. The van der Waals surface area contributed by atoms with Gasteiger partial charge in [-0.25, -0.2) is 4.79 Å². The number of rotatable bonds is 4. The lowest BCUT2D eigenvalue weighted by Crippen LogP contribution is -2.14. The standard InChI is InChI=1S/C19H18N2O4S2/c1-9-5-6-10(2)12(7-9)13-8-26-17(14(13)18(23)25-4)21-16(22)15-11(3)20-19(24)27-15/h5-8H,1-4H3,(H,20,24)(H,21,22). The summed E-state index contributed by atoms with van der Waals surface area (Å²) in [5.74, 6) is -0.961. The van der Waals surface area contributed by atoms with Crippen molar-refractivity contribution in [2.24, 2.45) is 0 Å². The highest BCUT2D eigenvalue weighted by atomic mass is 32.1. The van der Waals surface area contributed by atoms with Crippen molar-refractivity contribution in [2.45, 2.75) is 20.8 Å². The minimum atomic E-state index is -0.526. The summed E-state index contributed by atoms with van der Waals surface area (Å²) in [6.45, 7) is 5.60. The van der Waals surface area contributed by atoms with Gasteiger partial charge in [0.05, 0.1) is 7.11 Å². The molecule has 1 aromatic carbocycles. The molecule has 8 heteroatoms. The van der Waals surface area contributed by atoms with Crippen LogP contribution in [0.15, 0.2) is 28.4 Å². The van der Waals surface area contributed by atoms with Gasteiger partial charge in [0.1, 0.15) is 15.4 Å². The molecule has 0 aliphatic carbocycles. The van der Waals surface area contributed by atoms with Crippen LogP contribution >= 0.6 is 22.7 Å². The molecule has 2 N–H and O–H groups in total. The van der Waals surface area contributed by atoms with Gasteiger partial charge in [-0.05, 0) is 31.9 Å². The van der Waals surface area contributed by atoms with Crippen LogP contribution in [0.2, 0.25) is 0 Å². The van der Waals surface area contributed by atoms with Gasteiger partial charge in [-0.1, -0.05) is 35.1 Å². The highest BCUT2D eigenvalue weighted by molar-refractivity contribution is 7.15. The lowest BCUT2D eigenvalue weighted by Gasteiger charge is -2.10. The number of thiazole rings is 1. The highest BCUT2D eigenvalue weighted by Gasteiger charge is 2.24. The number of ether oxygens (including phenoxy) is 1. The summed E-state index contributed by atoms with van der Waals surface area (Å²) in [6.07, 6.45) is 0. The van der Waals surface area contributed by atoms with Crippen molar-refractivity contribution >= 4 is 39.6 Å². The molecule has 2 heterocycles. The highest BCUT2D eigenvalue weighted by Crippen LogP contribution is 2.38. The Hall–Kier alpha value is -2.71. The predicted octanol–water partition coefficient (Wildman–Crippen LogP) is 4.13. The van der Waals surface area contributed by atoms with Crippen molar-refractivity contribution in [1.82, 2.24) is 4.98 Å². The first-order chi connectivity index (χ1) is 12.8. The van der Waals surface area contributed by atoms with Crippen molar-refractivity contribution in [3.05, 3.63) is 60.5 Å². The molecule has 1 amide bonds. The summed E-state index contributed by atoms with van der Waals surface area (Å²) in [5.41, 5.74) is 4.51. The molecule has 0 aliphatic heterocycles. The second-order valence-corrected chi connectivity index (χ2v) is 7.95. The molecule has 0 bridgehead atoms. The number of carbonyl (C=O) groups excluding carboxylic acids is 2. The van der Waals surface area contributed by atoms with Crippen LogP contribution in [0.3, 0.4) is 0 Å². The lowest BCUT2D eigenvalue weighted by atomic mass is 9.97. The van der Waals surface area contributed by atoms with Gasteiger partial charge in [-0.15, -0.1) is 11.3 Å². The first-order valence-corrected chi connectivity index (χ1v) is 9.80. The minimum absolute atomic E-state index is 0.289. The number of benzene rings is 1. The van der Waals surface area contributed by atoms with Gasteiger partial charge in [0.2, 0.25) is 0 Å². The van der Waals surface area contributed by atoms with Crippen LogP contribution in [0.4, 0.5) is 5.00 Å². The van der Waals surface area contributed by atoms with Gasteiger partial charge in [0.15, 0.2) is 0 Å². The van der Waals surface area contributed by atoms with Crippen LogP contribution in [-0.4, -0.2) is 24.0 Å². The first kappa shape index (κ1) is 19.1. The number of carbonyl (C=O) groups is 2. The van der Waals surface area contributed by atoms with E-state index in [1.54, 1.807) is 6.92 Å². The SMILES string of the molecule is COC(=O)c1c(-c2cc(C)ccc2C)csc1NC(=O)c1sc(=O)[nH]c1C. The number of aromatic nitrogens is 1. The predicted molar refractivity (Wildman–Crippen MR) is 108 cm³/mol. The van der Waals surface area contributed by atoms with E-state index in [9.17, 15) is 14.4 Å². The molecule has 3 rings (SSSR count). The third kappa shape index (κ3) is 3.72. The Kier molecular flexibility index (Phi) is 5.29. The molecule has 0 fully saturated rings. The third-order valence-electron chi connectivity index (χ3n) is 4.12. The maximum Gasteiger partial charge on any atom is 0.341 e. The molecule has 0 unspecified atom stereocenters. The van der Waals surface area contributed by atoms with Crippen molar-refractivity contribution in [2.75, 3.05) is 12.4 Å². The largest absolute Gasteiger partial charge is 0.465 e. The average molecular weight is 402 g/mol. The van der Waals surface area contributed by atoms with Gasteiger partial charge in [-0.2, -0.15) is 0 Å². The number of methoxy groups -OCH3 is 1. The second-order valence-electron chi connectivity index (χ2n) is 6.09. The summed E-state index contributed by atoms with van der Waals surface area (Å²) in [7, 11) is 1.31. The number of esters is 1. The zero-order valence-corrected chi connectivity index (χ0v) is 16.9. The third-order valence-corrected chi connectivity index (χ3v) is 6.00. The maximum absolute atomic E-state index is 12.6. The molecule has 0 saturated heterocycles. The normalized spacial score (nSPS) is 10.7. The van der Waals surface area contributed by atoms with E-state index in [-0.39, 0.29) is 9.75 Å². The van der Waals surface area contributed by atoms with Gasteiger partial charge < -0.3 is 15.0 Å². The number of H-pyrrole nitrogens is 1. The average Bonchev–Trinajstić information content (AvgIpc) is 3.19. The first-order valence-electron chi connectivity index (χ1n) is 8.10. The molecule has 2 aromatic heterocycles. The Balaban J connectivity index is 2.07. The van der Waals surface area contributed by atoms with Crippen LogP contribution in [0, 0.1) is 20.8 Å². The molecular weight excluding hydrogens is 384 g/mol. The molecule has 3 aromatic rings. The molecule has 0 aliphatic rings. The van der Waals surface area contributed by atoms with Crippen molar-refractivity contribution in [3.8, 4) is 11.1 Å². The summed E-state index contributed by atoms with van der Waals surface area (Å²) in [6, 6.07) is 5.99. The monoisotopic (exact) mass is 402 g/mol. The molecule has 140 valence electrons. The van der Waals surface area contributed by atoms with Gasteiger partial charge in [0.25, 0.3) is 5.91 Å². The molecule has 0 saturated carbocycles. The fraction of sp³-hybridized carbons (Fsp3) is 0.211. The van der Waals surface area contributed by atoms with Crippen LogP contribution in [0.25, 0.3) is 11.1 Å². The number of aromatic amines is 1. The zero-order valence-electron chi connectivity index (χ0n) is 15.3. The summed E-state index contributed by atoms with van der Waals surface area (Å²) < 4.78 is 4.95. The molecular formula is C19H18N2O4S2.